The lowest BCUT2D eigenvalue weighted by molar-refractivity contribution is 0.368. The second-order valence-electron chi connectivity index (χ2n) is 3.10. The Bertz CT molecular complexity index is 105. The molecular formula is C5H15O3PSi. The molecule has 0 radical (unpaired) electrons. The fourth-order valence-electron chi connectivity index (χ4n) is 0.316. The highest BCUT2D eigenvalue weighted by Gasteiger charge is 2.29. The smallest absolute Gasteiger partial charge is 0.316 e. The van der Waals surface area contributed by atoms with Gasteiger partial charge in [-0.2, -0.15) is 0 Å². The molecule has 0 aromatic heterocycles. The van der Waals surface area contributed by atoms with Crippen LogP contribution in [-0.4, -0.2) is 18.1 Å². The van der Waals surface area contributed by atoms with Crippen molar-refractivity contribution >= 4 is 16.9 Å². The molecule has 0 atom stereocenters. The molecule has 0 rings (SSSR count). The predicted octanol–water partition coefficient (Wildman–Crippen LogP) is 1.83. The summed E-state index contributed by atoms with van der Waals surface area (Å²) in [6, 6.07) is 0. The minimum absolute atomic E-state index is 0.414. The van der Waals surface area contributed by atoms with E-state index >= 15 is 0 Å². The summed E-state index contributed by atoms with van der Waals surface area (Å²) in [6.07, 6.45) is 0. The van der Waals surface area contributed by atoms with E-state index in [9.17, 15) is 0 Å². The van der Waals surface area contributed by atoms with Gasteiger partial charge in [0.25, 0.3) is 0 Å². The summed E-state index contributed by atoms with van der Waals surface area (Å²) in [6.45, 7) is 8.01. The van der Waals surface area contributed by atoms with Gasteiger partial charge < -0.3 is 14.0 Å². The predicted molar refractivity (Wildman–Crippen MR) is 45.0 cm³/mol. The maximum Gasteiger partial charge on any atom is 0.316 e. The Morgan fingerprint density at radius 1 is 1.30 bits per heavy atom. The van der Waals surface area contributed by atoms with Crippen LogP contribution in [0, 0.1) is 0 Å². The Balaban J connectivity index is 3.87. The maximum atomic E-state index is 8.57. The van der Waals surface area contributed by atoms with Crippen LogP contribution in [0.2, 0.25) is 18.6 Å². The first kappa shape index (κ1) is 10.5. The van der Waals surface area contributed by atoms with Crippen LogP contribution in [0.15, 0.2) is 0 Å². The monoisotopic (exact) mass is 182 g/mol. The van der Waals surface area contributed by atoms with E-state index in [1.165, 1.54) is 0 Å². The van der Waals surface area contributed by atoms with Gasteiger partial charge in [0.2, 0.25) is 0 Å². The van der Waals surface area contributed by atoms with Gasteiger partial charge in [0.15, 0.2) is 8.32 Å². The molecule has 62 valence electrons. The summed E-state index contributed by atoms with van der Waals surface area (Å²) in [5, 5.41) is 0. The van der Waals surface area contributed by atoms with Gasteiger partial charge in [0, 0.05) is 0 Å². The van der Waals surface area contributed by atoms with Crippen molar-refractivity contribution in [1.82, 2.24) is 0 Å². The van der Waals surface area contributed by atoms with E-state index in [1.807, 2.05) is 26.9 Å². The Hall–Kier alpha value is 0.527. The van der Waals surface area contributed by atoms with E-state index in [0.29, 0.717) is 5.54 Å². The van der Waals surface area contributed by atoms with Crippen LogP contribution < -0.4 is 0 Å². The van der Waals surface area contributed by atoms with Crippen molar-refractivity contribution in [2.45, 2.75) is 32.5 Å². The first-order valence-electron chi connectivity index (χ1n) is 3.23. The average molecular weight is 182 g/mol. The van der Waals surface area contributed by atoms with Gasteiger partial charge in [-0.1, -0.05) is 13.8 Å². The summed E-state index contributed by atoms with van der Waals surface area (Å²) in [7, 11) is -3.97. The highest BCUT2D eigenvalue weighted by atomic mass is 31.2. The average Bonchev–Trinajstić information content (AvgIpc) is 1.60. The molecule has 0 fully saturated rings. The van der Waals surface area contributed by atoms with E-state index in [1.54, 1.807) is 0 Å². The molecule has 0 aromatic carbocycles. The minimum Gasteiger partial charge on any atom is -0.354 e. The molecule has 0 spiro atoms. The number of hydrogen-bond acceptors (Lipinski definition) is 3. The molecule has 0 heterocycles. The van der Waals surface area contributed by atoms with Gasteiger partial charge in [-0.25, -0.2) is 0 Å². The first-order valence-corrected chi connectivity index (χ1v) is 7.38. The van der Waals surface area contributed by atoms with Crippen LogP contribution in [0.4, 0.5) is 0 Å². The summed E-state index contributed by atoms with van der Waals surface area (Å²) >= 11 is 0. The van der Waals surface area contributed by atoms with Crippen molar-refractivity contribution in [3.05, 3.63) is 0 Å². The van der Waals surface area contributed by atoms with Crippen molar-refractivity contribution in [1.29, 1.82) is 0 Å². The number of rotatable bonds is 3. The van der Waals surface area contributed by atoms with Gasteiger partial charge in [-0.05, 0) is 18.6 Å². The van der Waals surface area contributed by atoms with Gasteiger partial charge in [-0.3, -0.25) is 0 Å². The summed E-state index contributed by atoms with van der Waals surface area (Å²) in [5.41, 5.74) is 0.414. The van der Waals surface area contributed by atoms with E-state index in [-0.39, 0.29) is 0 Å². The molecule has 5 heteroatoms. The lowest BCUT2D eigenvalue weighted by atomic mass is 10.6. The molecule has 0 saturated heterocycles. The molecule has 0 aliphatic heterocycles. The third kappa shape index (κ3) is 3.64. The van der Waals surface area contributed by atoms with E-state index < -0.39 is 16.9 Å². The van der Waals surface area contributed by atoms with Crippen molar-refractivity contribution in [2.75, 3.05) is 0 Å². The van der Waals surface area contributed by atoms with Gasteiger partial charge >= 0.3 is 8.60 Å². The molecule has 0 saturated carbocycles. The highest BCUT2D eigenvalue weighted by Crippen LogP contribution is 2.35. The molecule has 0 amide bonds. The lowest BCUT2D eigenvalue weighted by Crippen LogP contribution is -2.31. The van der Waals surface area contributed by atoms with Gasteiger partial charge in [0.1, 0.15) is 0 Å². The normalized spacial score (nSPS) is 13.2. The molecule has 0 bridgehead atoms. The highest BCUT2D eigenvalue weighted by molar-refractivity contribution is 7.41. The lowest BCUT2D eigenvalue weighted by Gasteiger charge is -2.26. The second kappa shape index (κ2) is 3.79. The Morgan fingerprint density at radius 3 is 1.80 bits per heavy atom. The molecule has 0 aliphatic rings. The third-order valence-electron chi connectivity index (χ3n) is 1.71. The van der Waals surface area contributed by atoms with Crippen LogP contribution in [0.5, 0.6) is 0 Å². The van der Waals surface area contributed by atoms with Gasteiger partial charge in [-0.15, -0.1) is 0 Å². The molecule has 2 N–H and O–H groups in total. The third-order valence-corrected chi connectivity index (χ3v) is 7.02. The summed E-state index contributed by atoms with van der Waals surface area (Å²) < 4.78 is 5.01. The zero-order valence-electron chi connectivity index (χ0n) is 6.83. The minimum atomic E-state index is -2.16. The Morgan fingerprint density at radius 2 is 1.70 bits per heavy atom. The molecule has 10 heavy (non-hydrogen) atoms. The first-order chi connectivity index (χ1) is 4.36. The van der Waals surface area contributed by atoms with Crippen LogP contribution in [0.1, 0.15) is 13.8 Å². The van der Waals surface area contributed by atoms with Crippen molar-refractivity contribution in [3.8, 4) is 0 Å². The van der Waals surface area contributed by atoms with Crippen molar-refractivity contribution in [3.63, 3.8) is 0 Å². The Labute approximate surface area is 64.2 Å². The van der Waals surface area contributed by atoms with Crippen LogP contribution in [-0.2, 0) is 4.21 Å². The topological polar surface area (TPSA) is 49.7 Å². The van der Waals surface area contributed by atoms with Crippen molar-refractivity contribution in [2.24, 2.45) is 0 Å². The fraction of sp³-hybridized carbons (Fsp3) is 1.00. The molecule has 3 nitrogen and oxygen atoms in total. The van der Waals surface area contributed by atoms with Crippen LogP contribution in [0.25, 0.3) is 0 Å². The van der Waals surface area contributed by atoms with E-state index in [0.717, 1.165) is 0 Å². The van der Waals surface area contributed by atoms with E-state index in [2.05, 4.69) is 0 Å². The quantitative estimate of drug-likeness (QED) is 0.517. The molecular weight excluding hydrogens is 167 g/mol. The molecule has 0 aliphatic carbocycles. The molecule has 0 aromatic rings. The number of hydrogen-bond donors (Lipinski definition) is 2. The van der Waals surface area contributed by atoms with Gasteiger partial charge in [0.05, 0.1) is 0 Å². The zero-order valence-corrected chi connectivity index (χ0v) is 8.72. The van der Waals surface area contributed by atoms with Crippen LogP contribution in [0.3, 0.4) is 0 Å². The largest absolute Gasteiger partial charge is 0.354 e. The fourth-order valence-corrected chi connectivity index (χ4v) is 2.84. The van der Waals surface area contributed by atoms with E-state index in [4.69, 9.17) is 14.0 Å². The van der Waals surface area contributed by atoms with Crippen molar-refractivity contribution < 1.29 is 14.0 Å². The van der Waals surface area contributed by atoms with Crippen LogP contribution >= 0.6 is 8.60 Å². The summed E-state index contributed by atoms with van der Waals surface area (Å²) in [4.78, 5) is 17.1. The zero-order chi connectivity index (χ0) is 8.36. The second-order valence-corrected chi connectivity index (χ2v) is 8.70. The standard InChI is InChI=1S/C5H15O3PSi/c1-5(2)10(3,4)8-9(6)7/h5-7H,1-4H3. The molecule has 0 unspecified atom stereocenters. The summed E-state index contributed by atoms with van der Waals surface area (Å²) in [5.74, 6) is 0. The SMILES string of the molecule is CC(C)[Si](C)(C)OP(O)O. The Kier molecular flexibility index (Phi) is 3.99. The maximum absolute atomic E-state index is 8.57.